The van der Waals surface area contributed by atoms with Crippen molar-refractivity contribution in [1.82, 2.24) is 4.98 Å². The summed E-state index contributed by atoms with van der Waals surface area (Å²) < 4.78 is 1.00. The summed E-state index contributed by atoms with van der Waals surface area (Å²) >= 11 is 3.42. The van der Waals surface area contributed by atoms with E-state index in [9.17, 15) is 0 Å². The van der Waals surface area contributed by atoms with Crippen LogP contribution in [0.3, 0.4) is 0 Å². The third-order valence-corrected chi connectivity index (χ3v) is 3.11. The first-order valence-corrected chi connectivity index (χ1v) is 6.32. The smallest absolute Gasteiger partial charge is 0.133 e. The van der Waals surface area contributed by atoms with E-state index in [1.54, 1.807) is 6.20 Å². The number of nitrogens with zero attached hydrogens (tertiary/aromatic N) is 1. The lowest BCUT2D eigenvalue weighted by molar-refractivity contribution is 1.23. The first-order chi connectivity index (χ1) is 8.06. The molecule has 0 saturated heterocycles. The molecule has 0 saturated carbocycles. The van der Waals surface area contributed by atoms with Crippen LogP contribution in [0, 0.1) is 20.8 Å². The highest BCUT2D eigenvalue weighted by Crippen LogP contribution is 2.23. The fourth-order valence-corrected chi connectivity index (χ4v) is 2.20. The van der Waals surface area contributed by atoms with E-state index >= 15 is 0 Å². The van der Waals surface area contributed by atoms with Gasteiger partial charge >= 0.3 is 0 Å². The van der Waals surface area contributed by atoms with Crippen LogP contribution in [0.15, 0.2) is 34.9 Å². The van der Waals surface area contributed by atoms with E-state index in [-0.39, 0.29) is 0 Å². The van der Waals surface area contributed by atoms with Crippen molar-refractivity contribution in [3.05, 3.63) is 51.6 Å². The standard InChI is InChI=1S/C14H15BrN2/c1-9-4-5-13(10(2)6-9)17-14-11(3)7-12(15)8-16-14/h4-8H,1-3H3,(H,16,17). The van der Waals surface area contributed by atoms with Gasteiger partial charge in [0.15, 0.2) is 0 Å². The Balaban J connectivity index is 2.31. The molecule has 3 heteroatoms. The second-order valence-electron chi connectivity index (χ2n) is 4.26. The van der Waals surface area contributed by atoms with Gasteiger partial charge in [-0.05, 0) is 60.0 Å². The second-order valence-corrected chi connectivity index (χ2v) is 5.18. The zero-order chi connectivity index (χ0) is 12.4. The Bertz CT molecular complexity index is 500. The quantitative estimate of drug-likeness (QED) is 0.880. The molecule has 1 heterocycles. The first-order valence-electron chi connectivity index (χ1n) is 5.52. The largest absolute Gasteiger partial charge is 0.340 e. The molecule has 88 valence electrons. The maximum Gasteiger partial charge on any atom is 0.133 e. The maximum atomic E-state index is 4.38. The molecule has 0 aliphatic heterocycles. The summed E-state index contributed by atoms with van der Waals surface area (Å²) in [7, 11) is 0. The Morgan fingerprint density at radius 1 is 1.06 bits per heavy atom. The van der Waals surface area contributed by atoms with Gasteiger partial charge in [0, 0.05) is 16.4 Å². The van der Waals surface area contributed by atoms with Crippen LogP contribution in [-0.2, 0) is 0 Å². The molecule has 0 bridgehead atoms. The molecule has 0 atom stereocenters. The molecule has 0 spiro atoms. The van der Waals surface area contributed by atoms with Gasteiger partial charge in [-0.15, -0.1) is 0 Å². The van der Waals surface area contributed by atoms with Gasteiger partial charge < -0.3 is 5.32 Å². The minimum absolute atomic E-state index is 0.903. The summed E-state index contributed by atoms with van der Waals surface area (Å²) in [5.74, 6) is 0.903. The Kier molecular flexibility index (Phi) is 3.48. The summed E-state index contributed by atoms with van der Waals surface area (Å²) in [5, 5.41) is 3.36. The normalized spacial score (nSPS) is 10.4. The summed E-state index contributed by atoms with van der Waals surface area (Å²) in [4.78, 5) is 4.38. The van der Waals surface area contributed by atoms with Crippen LogP contribution in [0.2, 0.25) is 0 Å². The van der Waals surface area contributed by atoms with Gasteiger partial charge in [0.05, 0.1) is 0 Å². The number of aromatic nitrogens is 1. The molecular formula is C14H15BrN2. The van der Waals surface area contributed by atoms with Crippen LogP contribution in [0.5, 0.6) is 0 Å². The van der Waals surface area contributed by atoms with Crippen molar-refractivity contribution < 1.29 is 0 Å². The number of hydrogen-bond donors (Lipinski definition) is 1. The fourth-order valence-electron chi connectivity index (χ4n) is 1.75. The van der Waals surface area contributed by atoms with Crippen molar-refractivity contribution in [3.8, 4) is 0 Å². The number of nitrogens with one attached hydrogen (secondary N) is 1. The number of anilines is 2. The van der Waals surface area contributed by atoms with E-state index in [2.05, 4.69) is 64.3 Å². The summed E-state index contributed by atoms with van der Waals surface area (Å²) in [6, 6.07) is 8.41. The van der Waals surface area contributed by atoms with Crippen LogP contribution in [0.1, 0.15) is 16.7 Å². The molecule has 17 heavy (non-hydrogen) atoms. The number of aryl methyl sites for hydroxylation is 3. The number of benzene rings is 1. The van der Waals surface area contributed by atoms with Crippen molar-refractivity contribution in [2.75, 3.05) is 5.32 Å². The molecule has 0 fully saturated rings. The fraction of sp³-hybridized carbons (Fsp3) is 0.214. The van der Waals surface area contributed by atoms with Crippen LogP contribution < -0.4 is 5.32 Å². The van der Waals surface area contributed by atoms with Gasteiger partial charge in [-0.25, -0.2) is 4.98 Å². The lowest BCUT2D eigenvalue weighted by Crippen LogP contribution is -1.98. The van der Waals surface area contributed by atoms with E-state index in [1.807, 2.05) is 6.92 Å². The minimum atomic E-state index is 0.903. The molecule has 1 aromatic carbocycles. The Morgan fingerprint density at radius 2 is 1.82 bits per heavy atom. The van der Waals surface area contributed by atoms with Crippen molar-refractivity contribution in [2.24, 2.45) is 0 Å². The third kappa shape index (κ3) is 2.86. The molecule has 0 radical (unpaired) electrons. The Morgan fingerprint density at radius 3 is 2.47 bits per heavy atom. The molecule has 2 rings (SSSR count). The monoisotopic (exact) mass is 290 g/mol. The van der Waals surface area contributed by atoms with Crippen molar-refractivity contribution in [1.29, 1.82) is 0 Å². The van der Waals surface area contributed by atoms with E-state index in [0.717, 1.165) is 21.5 Å². The zero-order valence-electron chi connectivity index (χ0n) is 10.2. The Labute approximate surface area is 110 Å². The predicted molar refractivity (Wildman–Crippen MR) is 75.9 cm³/mol. The molecule has 1 aromatic heterocycles. The van der Waals surface area contributed by atoms with Crippen molar-refractivity contribution >= 4 is 27.4 Å². The van der Waals surface area contributed by atoms with E-state index in [4.69, 9.17) is 0 Å². The number of rotatable bonds is 2. The lowest BCUT2D eigenvalue weighted by Gasteiger charge is -2.11. The summed E-state index contributed by atoms with van der Waals surface area (Å²) in [6.45, 7) is 6.24. The molecule has 2 nitrogen and oxygen atoms in total. The molecule has 0 aliphatic rings. The highest BCUT2D eigenvalue weighted by Gasteiger charge is 2.03. The van der Waals surface area contributed by atoms with Crippen LogP contribution in [-0.4, -0.2) is 4.98 Å². The van der Waals surface area contributed by atoms with E-state index in [0.29, 0.717) is 0 Å². The molecular weight excluding hydrogens is 276 g/mol. The molecule has 2 aromatic rings. The van der Waals surface area contributed by atoms with Gasteiger partial charge in [0.25, 0.3) is 0 Å². The van der Waals surface area contributed by atoms with Gasteiger partial charge in [0.1, 0.15) is 5.82 Å². The lowest BCUT2D eigenvalue weighted by atomic mass is 10.1. The first kappa shape index (κ1) is 12.1. The van der Waals surface area contributed by atoms with Gasteiger partial charge in [-0.2, -0.15) is 0 Å². The van der Waals surface area contributed by atoms with Crippen LogP contribution in [0.4, 0.5) is 11.5 Å². The average molecular weight is 291 g/mol. The third-order valence-electron chi connectivity index (χ3n) is 2.68. The van der Waals surface area contributed by atoms with E-state index < -0.39 is 0 Å². The van der Waals surface area contributed by atoms with Gasteiger partial charge in [-0.1, -0.05) is 17.7 Å². The highest BCUT2D eigenvalue weighted by molar-refractivity contribution is 9.10. The number of halogens is 1. The number of hydrogen-bond acceptors (Lipinski definition) is 2. The van der Waals surface area contributed by atoms with Crippen molar-refractivity contribution in [3.63, 3.8) is 0 Å². The minimum Gasteiger partial charge on any atom is -0.340 e. The van der Waals surface area contributed by atoms with Crippen molar-refractivity contribution in [2.45, 2.75) is 20.8 Å². The van der Waals surface area contributed by atoms with Crippen LogP contribution >= 0.6 is 15.9 Å². The molecule has 0 amide bonds. The maximum absolute atomic E-state index is 4.38. The Hall–Kier alpha value is -1.35. The highest BCUT2D eigenvalue weighted by atomic mass is 79.9. The SMILES string of the molecule is Cc1ccc(Nc2ncc(Br)cc2C)c(C)c1. The van der Waals surface area contributed by atoms with Gasteiger partial charge in [0.2, 0.25) is 0 Å². The number of pyridine rings is 1. The summed E-state index contributed by atoms with van der Waals surface area (Å²) in [6.07, 6.45) is 1.80. The average Bonchev–Trinajstić information content (AvgIpc) is 2.25. The molecule has 1 N–H and O–H groups in total. The molecule has 0 aliphatic carbocycles. The predicted octanol–water partition coefficient (Wildman–Crippen LogP) is 4.51. The zero-order valence-corrected chi connectivity index (χ0v) is 11.8. The summed E-state index contributed by atoms with van der Waals surface area (Å²) in [5.41, 5.74) is 4.73. The van der Waals surface area contributed by atoms with Gasteiger partial charge in [-0.3, -0.25) is 0 Å². The van der Waals surface area contributed by atoms with Crippen LogP contribution in [0.25, 0.3) is 0 Å². The molecule has 0 unspecified atom stereocenters. The topological polar surface area (TPSA) is 24.9 Å². The van der Waals surface area contributed by atoms with E-state index in [1.165, 1.54) is 11.1 Å². The second kappa shape index (κ2) is 4.88.